The summed E-state index contributed by atoms with van der Waals surface area (Å²) in [6.07, 6.45) is 2.17. The van der Waals surface area contributed by atoms with Crippen LogP contribution in [0, 0.1) is 3.57 Å². The maximum Gasteiger partial charge on any atom is 0.320 e. The number of para-hydroxylation sites is 1. The van der Waals surface area contributed by atoms with Crippen LogP contribution in [-0.4, -0.2) is 22.1 Å². The molecule has 16 heavy (non-hydrogen) atoms. The molecule has 0 fully saturated rings. The van der Waals surface area contributed by atoms with Crippen LogP contribution in [0.2, 0.25) is 0 Å². The van der Waals surface area contributed by atoms with E-state index in [2.05, 4.69) is 27.6 Å². The first-order chi connectivity index (χ1) is 7.59. The second-order valence-electron chi connectivity index (χ2n) is 3.63. The van der Waals surface area contributed by atoms with Crippen LogP contribution >= 0.6 is 22.6 Å². The average molecular weight is 330 g/mol. The summed E-state index contributed by atoms with van der Waals surface area (Å²) in [5, 5.41) is 9.82. The van der Waals surface area contributed by atoms with Crippen molar-refractivity contribution in [2.24, 2.45) is 5.73 Å². The normalized spacial score (nSPS) is 12.9. The number of hydrogen-bond donors (Lipinski definition) is 3. The lowest BCUT2D eigenvalue weighted by atomic mass is 10.1. The third-order valence-electron chi connectivity index (χ3n) is 2.51. The molecular formula is C11H11IN2O2. The molecule has 5 heteroatoms. The first-order valence-electron chi connectivity index (χ1n) is 4.82. The number of fused-ring (bicyclic) bond motifs is 1. The highest BCUT2D eigenvalue weighted by Crippen LogP contribution is 2.23. The Hall–Kier alpha value is -1.08. The molecule has 0 aliphatic carbocycles. The van der Waals surface area contributed by atoms with Gasteiger partial charge in [0.1, 0.15) is 6.04 Å². The van der Waals surface area contributed by atoms with Crippen LogP contribution in [0.25, 0.3) is 10.9 Å². The molecule has 1 heterocycles. The van der Waals surface area contributed by atoms with E-state index in [1.807, 2.05) is 24.4 Å². The van der Waals surface area contributed by atoms with Crippen LogP contribution in [0.5, 0.6) is 0 Å². The van der Waals surface area contributed by atoms with Gasteiger partial charge in [-0.2, -0.15) is 0 Å². The molecule has 84 valence electrons. The predicted octanol–water partition coefficient (Wildman–Crippen LogP) is 1.73. The van der Waals surface area contributed by atoms with E-state index >= 15 is 0 Å². The summed E-state index contributed by atoms with van der Waals surface area (Å²) in [6, 6.07) is 5.07. The van der Waals surface area contributed by atoms with Crippen LogP contribution in [-0.2, 0) is 11.2 Å². The Morgan fingerprint density at radius 3 is 3.00 bits per heavy atom. The van der Waals surface area contributed by atoms with Gasteiger partial charge in [0.2, 0.25) is 0 Å². The fourth-order valence-corrected chi connectivity index (χ4v) is 2.32. The zero-order valence-electron chi connectivity index (χ0n) is 8.40. The number of aromatic nitrogens is 1. The lowest BCUT2D eigenvalue weighted by Gasteiger charge is -2.04. The molecule has 0 amide bonds. The lowest BCUT2D eigenvalue weighted by molar-refractivity contribution is -0.138. The number of aliphatic carboxylic acids is 1. The van der Waals surface area contributed by atoms with E-state index in [0.717, 1.165) is 20.0 Å². The van der Waals surface area contributed by atoms with E-state index in [0.29, 0.717) is 6.42 Å². The van der Waals surface area contributed by atoms with Gasteiger partial charge in [-0.25, -0.2) is 0 Å². The molecule has 1 atom stereocenters. The SMILES string of the molecule is NC(Cc1c[nH]c2c(I)cccc12)C(=O)O. The van der Waals surface area contributed by atoms with E-state index in [1.165, 1.54) is 0 Å². The Kier molecular flexibility index (Phi) is 3.15. The number of carbonyl (C=O) groups is 1. The number of aromatic amines is 1. The third-order valence-corrected chi connectivity index (χ3v) is 3.41. The number of carboxylic acids is 1. The predicted molar refractivity (Wildman–Crippen MR) is 70.3 cm³/mol. The number of hydrogen-bond acceptors (Lipinski definition) is 2. The quantitative estimate of drug-likeness (QED) is 0.750. The van der Waals surface area contributed by atoms with Crippen molar-refractivity contribution in [2.45, 2.75) is 12.5 Å². The molecule has 1 aromatic heterocycles. The summed E-state index contributed by atoms with van der Waals surface area (Å²) in [5.74, 6) is -0.972. The second-order valence-corrected chi connectivity index (χ2v) is 4.79. The number of rotatable bonds is 3. The number of nitrogens with one attached hydrogen (secondary N) is 1. The van der Waals surface area contributed by atoms with E-state index in [-0.39, 0.29) is 0 Å². The van der Waals surface area contributed by atoms with Gasteiger partial charge < -0.3 is 15.8 Å². The Balaban J connectivity index is 2.39. The van der Waals surface area contributed by atoms with Gasteiger partial charge in [0.15, 0.2) is 0 Å². The van der Waals surface area contributed by atoms with Crippen LogP contribution in [0.15, 0.2) is 24.4 Å². The monoisotopic (exact) mass is 330 g/mol. The molecule has 0 bridgehead atoms. The molecular weight excluding hydrogens is 319 g/mol. The summed E-state index contributed by atoms with van der Waals surface area (Å²) in [4.78, 5) is 13.8. The van der Waals surface area contributed by atoms with E-state index in [9.17, 15) is 4.79 Å². The number of benzene rings is 1. The highest BCUT2D eigenvalue weighted by atomic mass is 127. The van der Waals surface area contributed by atoms with Crippen molar-refractivity contribution >= 4 is 39.5 Å². The van der Waals surface area contributed by atoms with Crippen molar-refractivity contribution in [3.8, 4) is 0 Å². The minimum absolute atomic E-state index is 0.343. The third kappa shape index (κ3) is 2.05. The van der Waals surface area contributed by atoms with Gasteiger partial charge >= 0.3 is 5.97 Å². The molecule has 4 N–H and O–H groups in total. The fourth-order valence-electron chi connectivity index (χ4n) is 1.67. The molecule has 4 nitrogen and oxygen atoms in total. The fraction of sp³-hybridized carbons (Fsp3) is 0.182. The zero-order valence-corrected chi connectivity index (χ0v) is 10.6. The maximum atomic E-state index is 10.7. The Morgan fingerprint density at radius 1 is 1.56 bits per heavy atom. The molecule has 0 saturated heterocycles. The van der Waals surface area contributed by atoms with Crippen molar-refractivity contribution in [1.82, 2.24) is 4.98 Å². The number of carboxylic acid groups (broad SMARTS) is 1. The minimum atomic E-state index is -0.972. The summed E-state index contributed by atoms with van der Waals surface area (Å²) in [7, 11) is 0. The van der Waals surface area contributed by atoms with Crippen LogP contribution < -0.4 is 5.73 Å². The van der Waals surface area contributed by atoms with Gasteiger partial charge in [-0.15, -0.1) is 0 Å². The molecule has 2 rings (SSSR count). The van der Waals surface area contributed by atoms with E-state index < -0.39 is 12.0 Å². The van der Waals surface area contributed by atoms with E-state index in [4.69, 9.17) is 10.8 Å². The minimum Gasteiger partial charge on any atom is -0.480 e. The number of nitrogens with two attached hydrogens (primary N) is 1. The second kappa shape index (κ2) is 4.42. The summed E-state index contributed by atoms with van der Waals surface area (Å²) in [6.45, 7) is 0. The van der Waals surface area contributed by atoms with Crippen molar-refractivity contribution < 1.29 is 9.90 Å². The number of H-pyrrole nitrogens is 1. The van der Waals surface area contributed by atoms with Crippen LogP contribution in [0.4, 0.5) is 0 Å². The van der Waals surface area contributed by atoms with Crippen molar-refractivity contribution in [3.63, 3.8) is 0 Å². The Bertz CT molecular complexity index is 536. The first-order valence-corrected chi connectivity index (χ1v) is 5.90. The Morgan fingerprint density at radius 2 is 2.31 bits per heavy atom. The molecule has 1 unspecified atom stereocenters. The number of halogens is 1. The smallest absolute Gasteiger partial charge is 0.320 e. The van der Waals surface area contributed by atoms with Gasteiger partial charge in [-0.3, -0.25) is 4.79 Å². The molecule has 0 radical (unpaired) electrons. The standard InChI is InChI=1S/C11H11IN2O2/c12-8-3-1-2-7-6(5-14-10(7)8)4-9(13)11(15)16/h1-3,5,9,14H,4,13H2,(H,15,16). The van der Waals surface area contributed by atoms with Gasteiger partial charge in [0.05, 0.1) is 5.52 Å². The lowest BCUT2D eigenvalue weighted by Crippen LogP contribution is -2.32. The van der Waals surface area contributed by atoms with E-state index in [1.54, 1.807) is 0 Å². The van der Waals surface area contributed by atoms with Crippen molar-refractivity contribution in [1.29, 1.82) is 0 Å². The van der Waals surface area contributed by atoms with Crippen LogP contribution in [0.1, 0.15) is 5.56 Å². The first kappa shape index (κ1) is 11.4. The largest absolute Gasteiger partial charge is 0.480 e. The van der Waals surface area contributed by atoms with Gasteiger partial charge in [0.25, 0.3) is 0 Å². The molecule has 0 saturated carbocycles. The summed E-state index contributed by atoms with van der Waals surface area (Å²) < 4.78 is 1.12. The zero-order chi connectivity index (χ0) is 11.7. The molecule has 0 aliphatic heterocycles. The molecule has 0 spiro atoms. The highest BCUT2D eigenvalue weighted by Gasteiger charge is 2.15. The molecule has 0 aliphatic rings. The highest BCUT2D eigenvalue weighted by molar-refractivity contribution is 14.1. The summed E-state index contributed by atoms with van der Waals surface area (Å²) >= 11 is 2.24. The molecule has 2 aromatic rings. The Labute approximate surface area is 106 Å². The van der Waals surface area contributed by atoms with Crippen molar-refractivity contribution in [2.75, 3.05) is 0 Å². The van der Waals surface area contributed by atoms with Crippen molar-refractivity contribution in [3.05, 3.63) is 33.5 Å². The average Bonchev–Trinajstić information content (AvgIpc) is 2.63. The molecule has 1 aromatic carbocycles. The topological polar surface area (TPSA) is 79.1 Å². The van der Waals surface area contributed by atoms with Gasteiger partial charge in [-0.05, 0) is 34.2 Å². The van der Waals surface area contributed by atoms with Crippen LogP contribution in [0.3, 0.4) is 0 Å². The summed E-state index contributed by atoms with van der Waals surface area (Å²) in [5.41, 5.74) is 7.51. The van der Waals surface area contributed by atoms with Gasteiger partial charge in [-0.1, -0.05) is 12.1 Å². The van der Waals surface area contributed by atoms with Gasteiger partial charge in [0, 0.05) is 21.6 Å². The maximum absolute atomic E-state index is 10.7.